The average molecular weight is 580 g/mol. The van der Waals surface area contributed by atoms with Gasteiger partial charge in [-0.25, -0.2) is 4.57 Å². The molecule has 2 aromatic rings. The Labute approximate surface area is 236 Å². The molecule has 0 aromatic heterocycles. The van der Waals surface area contributed by atoms with E-state index in [1.165, 1.54) is 11.1 Å². The van der Waals surface area contributed by atoms with Gasteiger partial charge in [0.25, 0.3) is 0 Å². The second kappa shape index (κ2) is 14.2. The number of aliphatic carboxylic acids is 1. The summed E-state index contributed by atoms with van der Waals surface area (Å²) in [5.41, 5.74) is 8.32. The Morgan fingerprint density at radius 1 is 0.950 bits per heavy atom. The van der Waals surface area contributed by atoms with Gasteiger partial charge < -0.3 is 25.2 Å². The van der Waals surface area contributed by atoms with E-state index in [9.17, 15) is 19.0 Å². The molecule has 40 heavy (non-hydrogen) atoms. The van der Waals surface area contributed by atoms with Crippen LogP contribution in [0.2, 0.25) is 0 Å². The summed E-state index contributed by atoms with van der Waals surface area (Å²) in [4.78, 5) is 32.5. The number of hydrogen-bond acceptors (Lipinski definition) is 8. The van der Waals surface area contributed by atoms with Gasteiger partial charge in [0.2, 0.25) is 0 Å². The Hall–Kier alpha value is -2.75. The number of rotatable bonds is 14. The number of hydrogen-bond donors (Lipinski definition) is 3. The van der Waals surface area contributed by atoms with Gasteiger partial charge in [-0.05, 0) is 52.1 Å². The van der Waals surface area contributed by atoms with Crippen molar-refractivity contribution in [3.63, 3.8) is 0 Å². The molecule has 0 radical (unpaired) electrons. The molecule has 0 bridgehead atoms. The largest absolute Gasteiger partial charge is 0.480 e. The van der Waals surface area contributed by atoms with Crippen LogP contribution in [0, 0.1) is 0 Å². The average Bonchev–Trinajstić information content (AvgIpc) is 2.85. The quantitative estimate of drug-likeness (QED) is 0.149. The molecule has 0 aliphatic carbocycles. The molecular weight excluding hydrogens is 537 g/mol. The van der Waals surface area contributed by atoms with Crippen LogP contribution in [0.5, 0.6) is 11.5 Å². The van der Waals surface area contributed by atoms with Crippen LogP contribution in [-0.2, 0) is 45.2 Å². The van der Waals surface area contributed by atoms with Crippen molar-refractivity contribution in [3.05, 3.63) is 59.2 Å². The summed E-state index contributed by atoms with van der Waals surface area (Å²) in [6, 6.07) is 12.4. The molecule has 0 aliphatic rings. The first kappa shape index (κ1) is 33.5. The van der Waals surface area contributed by atoms with E-state index in [2.05, 4.69) is 64.3 Å². The first-order chi connectivity index (χ1) is 18.5. The lowest BCUT2D eigenvalue weighted by Gasteiger charge is -2.26. The van der Waals surface area contributed by atoms with Gasteiger partial charge in [0.15, 0.2) is 0 Å². The minimum atomic E-state index is -4.46. The normalized spacial score (nSPS) is 14.3. The fourth-order valence-electron chi connectivity index (χ4n) is 3.48. The standard InChI is InChI=1S/C29H42NO9P/c1-28(2,3)21-16-22(29(4,5)6)18-23(17-21)39-25-11-8-7-10-20(25)12-13-26(31)36-14-9-15-37-40(34,35)38-19-24(30)27(32)33/h7-8,10-11,16-18,24H,9,12-15,19,30H2,1-6H3,(H,32,33)(H,34,35)/t24-/m0/s1. The van der Waals surface area contributed by atoms with E-state index >= 15 is 0 Å². The minimum Gasteiger partial charge on any atom is -0.480 e. The lowest BCUT2D eigenvalue weighted by molar-refractivity contribution is -0.143. The van der Waals surface area contributed by atoms with Crippen LogP contribution in [0.1, 0.15) is 71.1 Å². The molecule has 11 heteroatoms. The van der Waals surface area contributed by atoms with Gasteiger partial charge >= 0.3 is 19.8 Å². The summed E-state index contributed by atoms with van der Waals surface area (Å²) < 4.78 is 32.5. The fraction of sp³-hybridized carbons (Fsp3) is 0.517. The Morgan fingerprint density at radius 3 is 2.12 bits per heavy atom. The zero-order valence-corrected chi connectivity index (χ0v) is 25.0. The molecule has 0 amide bonds. The number of carboxylic acids is 1. The molecule has 10 nitrogen and oxygen atoms in total. The number of carboxylic acid groups (broad SMARTS) is 1. The summed E-state index contributed by atoms with van der Waals surface area (Å²) in [6.07, 6.45) is 0.663. The summed E-state index contributed by atoms with van der Waals surface area (Å²) in [7, 11) is -4.46. The van der Waals surface area contributed by atoms with E-state index < -0.39 is 32.4 Å². The third-order valence-corrected chi connectivity index (χ3v) is 6.96. The zero-order valence-electron chi connectivity index (χ0n) is 24.1. The molecule has 222 valence electrons. The third kappa shape index (κ3) is 11.4. The second-order valence-corrected chi connectivity index (χ2v) is 13.0. The highest BCUT2D eigenvalue weighted by molar-refractivity contribution is 7.47. The number of carbonyl (C=O) groups is 2. The number of carbonyl (C=O) groups excluding carboxylic acids is 1. The van der Waals surface area contributed by atoms with Crippen LogP contribution >= 0.6 is 7.82 Å². The second-order valence-electron chi connectivity index (χ2n) is 11.6. The Bertz CT molecular complexity index is 1170. The number of benzene rings is 2. The van der Waals surface area contributed by atoms with Gasteiger partial charge in [-0.1, -0.05) is 65.8 Å². The van der Waals surface area contributed by atoms with E-state index in [1.54, 1.807) is 0 Å². The molecular formula is C29H42NO9P. The van der Waals surface area contributed by atoms with Gasteiger partial charge in [-0.3, -0.25) is 18.6 Å². The van der Waals surface area contributed by atoms with Crippen molar-refractivity contribution < 1.29 is 42.7 Å². The highest BCUT2D eigenvalue weighted by atomic mass is 31.2. The van der Waals surface area contributed by atoms with Crippen LogP contribution < -0.4 is 10.5 Å². The lowest BCUT2D eigenvalue weighted by atomic mass is 9.80. The predicted octanol–water partition coefficient (Wildman–Crippen LogP) is 5.49. The molecule has 4 N–H and O–H groups in total. The van der Waals surface area contributed by atoms with E-state index in [0.29, 0.717) is 12.2 Å². The fourth-order valence-corrected chi connectivity index (χ4v) is 4.26. The van der Waals surface area contributed by atoms with Gasteiger partial charge in [0.1, 0.15) is 17.5 Å². The first-order valence-corrected chi connectivity index (χ1v) is 14.7. The molecule has 2 rings (SSSR count). The molecule has 0 heterocycles. The highest BCUT2D eigenvalue weighted by Crippen LogP contribution is 2.43. The predicted molar refractivity (Wildman–Crippen MR) is 152 cm³/mol. The van der Waals surface area contributed by atoms with Crippen molar-refractivity contribution in [2.75, 3.05) is 19.8 Å². The molecule has 2 aromatic carbocycles. The Morgan fingerprint density at radius 2 is 1.55 bits per heavy atom. The number of phosphoric acid groups is 1. The molecule has 0 saturated carbocycles. The molecule has 2 atom stereocenters. The Kier molecular flexibility index (Phi) is 11.9. The topological polar surface area (TPSA) is 155 Å². The van der Waals surface area contributed by atoms with E-state index in [4.69, 9.17) is 24.8 Å². The van der Waals surface area contributed by atoms with E-state index in [0.717, 1.165) is 11.3 Å². The Balaban J connectivity index is 1.90. The van der Waals surface area contributed by atoms with E-state index in [1.807, 2.05) is 24.3 Å². The monoisotopic (exact) mass is 579 g/mol. The maximum atomic E-state index is 12.3. The smallest absolute Gasteiger partial charge is 0.472 e. The van der Waals surface area contributed by atoms with Crippen molar-refractivity contribution in [1.82, 2.24) is 0 Å². The maximum absolute atomic E-state index is 12.3. The van der Waals surface area contributed by atoms with Crippen molar-refractivity contribution in [2.24, 2.45) is 5.73 Å². The molecule has 0 saturated heterocycles. The minimum absolute atomic E-state index is 0.0270. The molecule has 0 fully saturated rings. The summed E-state index contributed by atoms with van der Waals surface area (Å²) in [5.74, 6) is -0.403. The van der Waals surface area contributed by atoms with Crippen molar-refractivity contribution in [3.8, 4) is 11.5 Å². The SMILES string of the molecule is CC(C)(C)c1cc(Oc2ccccc2CCC(=O)OCCCOP(=O)(O)OC[C@H](N)C(=O)O)cc(C(C)(C)C)c1. The zero-order chi connectivity index (χ0) is 30.1. The van der Waals surface area contributed by atoms with Crippen LogP contribution in [-0.4, -0.2) is 47.8 Å². The van der Waals surface area contributed by atoms with Crippen LogP contribution in [0.4, 0.5) is 0 Å². The van der Waals surface area contributed by atoms with Gasteiger partial charge in [0.05, 0.1) is 19.8 Å². The summed E-state index contributed by atoms with van der Waals surface area (Å²) in [5, 5.41) is 8.68. The van der Waals surface area contributed by atoms with Crippen molar-refractivity contribution >= 4 is 19.8 Å². The number of phosphoric ester groups is 1. The molecule has 1 unspecified atom stereocenters. The van der Waals surface area contributed by atoms with Gasteiger partial charge in [-0.2, -0.15) is 0 Å². The van der Waals surface area contributed by atoms with Crippen LogP contribution in [0.15, 0.2) is 42.5 Å². The van der Waals surface area contributed by atoms with Gasteiger partial charge in [0, 0.05) is 12.8 Å². The number of esters is 1. The number of aryl methyl sites for hydroxylation is 1. The molecule has 0 spiro atoms. The lowest BCUT2D eigenvalue weighted by Crippen LogP contribution is -2.34. The van der Waals surface area contributed by atoms with Crippen LogP contribution in [0.25, 0.3) is 0 Å². The van der Waals surface area contributed by atoms with Gasteiger partial charge in [-0.15, -0.1) is 0 Å². The third-order valence-electron chi connectivity index (χ3n) is 5.98. The number of para-hydroxylation sites is 1. The molecule has 0 aliphatic heterocycles. The first-order valence-electron chi connectivity index (χ1n) is 13.2. The number of ether oxygens (including phenoxy) is 2. The summed E-state index contributed by atoms with van der Waals surface area (Å²) in [6.45, 7) is 12.1. The van der Waals surface area contributed by atoms with E-state index in [-0.39, 0.29) is 36.9 Å². The van der Waals surface area contributed by atoms with Crippen LogP contribution in [0.3, 0.4) is 0 Å². The maximum Gasteiger partial charge on any atom is 0.472 e. The highest BCUT2D eigenvalue weighted by Gasteiger charge is 2.24. The van der Waals surface area contributed by atoms with Crippen molar-refractivity contribution in [1.29, 1.82) is 0 Å². The van der Waals surface area contributed by atoms with Crippen molar-refractivity contribution in [2.45, 2.75) is 77.7 Å². The summed E-state index contributed by atoms with van der Waals surface area (Å²) >= 11 is 0. The number of nitrogens with two attached hydrogens (primary N) is 1.